The number of hydrogen-bond donors (Lipinski definition) is 2. The molecule has 1 unspecified atom stereocenters. The third-order valence-corrected chi connectivity index (χ3v) is 5.63. The molecule has 1 atom stereocenters. The summed E-state index contributed by atoms with van der Waals surface area (Å²) in [5.74, 6) is -1.95. The van der Waals surface area contributed by atoms with Crippen molar-refractivity contribution in [3.05, 3.63) is 76.6 Å². The summed E-state index contributed by atoms with van der Waals surface area (Å²) in [6.07, 6.45) is 4.54. The van der Waals surface area contributed by atoms with E-state index in [4.69, 9.17) is 15.7 Å². The van der Waals surface area contributed by atoms with Crippen LogP contribution in [-0.4, -0.2) is 56.1 Å². The number of halogens is 1. The molecule has 0 aliphatic rings. The number of amides is 2. The van der Waals surface area contributed by atoms with Gasteiger partial charge in [0.1, 0.15) is 11.5 Å². The van der Waals surface area contributed by atoms with Crippen molar-refractivity contribution in [2.75, 3.05) is 19.4 Å². The largest absolute Gasteiger partial charge is 0.357 e. The maximum Gasteiger partial charge on any atom is 0.274 e. The number of aromatic amines is 1. The number of nitrogens with zero attached hydrogens (tertiary/aromatic N) is 2. The second-order valence-corrected chi connectivity index (χ2v) is 8.54. The average molecular weight is 458 g/mol. The minimum Gasteiger partial charge on any atom is -0.357 e. The number of pyridine rings is 1. The lowest BCUT2D eigenvalue weighted by Gasteiger charge is -2.30. The molecular weight excluding hydrogens is 433 g/mol. The molecule has 172 valence electrons. The molecule has 7 nitrogen and oxygen atoms in total. The molecule has 10 heteroatoms. The predicted octanol–water partition coefficient (Wildman–Crippen LogP) is 2.58. The van der Waals surface area contributed by atoms with Crippen molar-refractivity contribution >= 4 is 44.1 Å². The van der Waals surface area contributed by atoms with Gasteiger partial charge in [0.05, 0.1) is 22.2 Å². The molecule has 0 saturated heterocycles. The first kappa shape index (κ1) is 25.1. The summed E-state index contributed by atoms with van der Waals surface area (Å²) < 4.78 is 14.9. The van der Waals surface area contributed by atoms with Crippen molar-refractivity contribution in [1.29, 1.82) is 0 Å². The van der Waals surface area contributed by atoms with Crippen LogP contribution in [0.3, 0.4) is 0 Å². The Hall–Kier alpha value is -3.55. The van der Waals surface area contributed by atoms with Crippen LogP contribution in [0.25, 0.3) is 10.9 Å². The fourth-order valence-electron chi connectivity index (χ4n) is 3.36. The molecule has 0 spiro atoms. The number of hydrogen-bond acceptors (Lipinski definition) is 3. The van der Waals surface area contributed by atoms with Gasteiger partial charge in [-0.2, -0.15) is 0 Å². The highest BCUT2D eigenvalue weighted by molar-refractivity contribution is 6.41. The second-order valence-electron chi connectivity index (χ2n) is 8.54. The van der Waals surface area contributed by atoms with Gasteiger partial charge in [-0.15, -0.1) is 0 Å². The number of carbonyl (C=O) groups is 2. The third-order valence-electron chi connectivity index (χ3n) is 5.63. The molecule has 2 heterocycles. The van der Waals surface area contributed by atoms with Crippen molar-refractivity contribution < 1.29 is 14.0 Å². The monoisotopic (exact) mass is 458 g/mol. The summed E-state index contributed by atoms with van der Waals surface area (Å²) in [4.78, 5) is 41.9. The number of nitrogens with one attached hydrogen (secondary N) is 2. The van der Waals surface area contributed by atoms with Crippen LogP contribution in [0.15, 0.2) is 59.5 Å². The van der Waals surface area contributed by atoms with Crippen LogP contribution in [-0.2, 0) is 16.1 Å². The van der Waals surface area contributed by atoms with E-state index in [2.05, 4.69) is 10.3 Å². The minimum absolute atomic E-state index is 0.0793. The smallest absolute Gasteiger partial charge is 0.274 e. The highest BCUT2D eigenvalue weighted by Crippen LogP contribution is 2.33. The number of rotatable bonds is 8. The van der Waals surface area contributed by atoms with E-state index in [9.17, 15) is 18.8 Å². The first-order valence-electron chi connectivity index (χ1n) is 10.7. The standard InChI is InChI=1S/C24H25B2FN4O3/c1-15(24(25,26)10-4-7-21(32)30(2)3)22(33)29-20-6-5-11-31(23(20)34)14-18-13-16-12-17(27)8-9-19(16)28-18/h4-9,11-13,15,28H,10,14H2,1-3H3,(H,29,33)/b7-4+. The molecule has 0 aliphatic carbocycles. The molecule has 0 fully saturated rings. The fraction of sp³-hybridized carbons (Fsp3) is 0.292. The Balaban J connectivity index is 1.71. The van der Waals surface area contributed by atoms with Gasteiger partial charge in [-0.05, 0) is 48.9 Å². The van der Waals surface area contributed by atoms with Crippen molar-refractivity contribution in [2.45, 2.75) is 25.1 Å². The highest BCUT2D eigenvalue weighted by atomic mass is 19.1. The lowest BCUT2D eigenvalue weighted by Crippen LogP contribution is -2.35. The zero-order chi connectivity index (χ0) is 25.0. The molecule has 2 amide bonds. The van der Waals surface area contributed by atoms with E-state index in [0.717, 1.165) is 5.52 Å². The summed E-state index contributed by atoms with van der Waals surface area (Å²) in [5, 5.41) is 1.87. The molecule has 0 aliphatic heterocycles. The molecule has 3 aromatic rings. The summed E-state index contributed by atoms with van der Waals surface area (Å²) in [7, 11) is 15.5. The molecule has 0 bridgehead atoms. The number of benzene rings is 1. The van der Waals surface area contributed by atoms with E-state index in [1.807, 2.05) is 0 Å². The predicted molar refractivity (Wildman–Crippen MR) is 133 cm³/mol. The van der Waals surface area contributed by atoms with E-state index in [-0.39, 0.29) is 30.4 Å². The number of fused-ring (bicyclic) bond motifs is 1. The zero-order valence-electron chi connectivity index (χ0n) is 19.3. The lowest BCUT2D eigenvalue weighted by atomic mass is 9.47. The summed E-state index contributed by atoms with van der Waals surface area (Å²) in [6, 6.07) is 9.30. The average Bonchev–Trinajstić information content (AvgIpc) is 3.17. The Kier molecular flexibility index (Phi) is 7.49. The Bertz CT molecular complexity index is 1300. The maximum absolute atomic E-state index is 13.4. The summed E-state index contributed by atoms with van der Waals surface area (Å²) in [5.41, 5.74) is 1.13. The van der Waals surface area contributed by atoms with Gasteiger partial charge < -0.3 is 19.8 Å². The van der Waals surface area contributed by atoms with Gasteiger partial charge in [0.25, 0.3) is 5.56 Å². The van der Waals surface area contributed by atoms with E-state index >= 15 is 0 Å². The van der Waals surface area contributed by atoms with Crippen LogP contribution in [0.4, 0.5) is 10.1 Å². The molecule has 3 rings (SSSR count). The zero-order valence-corrected chi connectivity index (χ0v) is 19.3. The highest BCUT2D eigenvalue weighted by Gasteiger charge is 2.30. The summed E-state index contributed by atoms with van der Waals surface area (Å²) in [6.45, 7) is 1.76. The number of carbonyl (C=O) groups excluding carboxylic acids is 2. The van der Waals surface area contributed by atoms with Gasteiger partial charge in [-0.25, -0.2) is 4.39 Å². The van der Waals surface area contributed by atoms with Gasteiger partial charge in [0.2, 0.25) is 11.8 Å². The lowest BCUT2D eigenvalue weighted by molar-refractivity contribution is -0.123. The van der Waals surface area contributed by atoms with E-state index in [0.29, 0.717) is 11.1 Å². The number of allylic oxidation sites excluding steroid dienone is 1. The van der Waals surface area contributed by atoms with Gasteiger partial charge in [-0.1, -0.05) is 18.2 Å². The Morgan fingerprint density at radius 2 is 2.00 bits per heavy atom. The Morgan fingerprint density at radius 1 is 1.26 bits per heavy atom. The van der Waals surface area contributed by atoms with Crippen molar-refractivity contribution in [3.63, 3.8) is 0 Å². The molecule has 34 heavy (non-hydrogen) atoms. The number of likely N-dealkylation sites (N-methyl/N-ethyl adjacent to an activating group) is 1. The number of H-pyrrole nitrogens is 1. The number of aromatic nitrogens is 2. The fourth-order valence-corrected chi connectivity index (χ4v) is 3.36. The van der Waals surface area contributed by atoms with Crippen LogP contribution >= 0.6 is 0 Å². The van der Waals surface area contributed by atoms with Crippen LogP contribution in [0.2, 0.25) is 5.21 Å². The van der Waals surface area contributed by atoms with Gasteiger partial charge in [-0.3, -0.25) is 14.4 Å². The van der Waals surface area contributed by atoms with Crippen molar-refractivity contribution in [3.8, 4) is 0 Å². The van der Waals surface area contributed by atoms with Crippen LogP contribution in [0, 0.1) is 11.7 Å². The van der Waals surface area contributed by atoms with E-state index in [1.54, 1.807) is 45.4 Å². The van der Waals surface area contributed by atoms with Gasteiger partial charge in [0.15, 0.2) is 0 Å². The van der Waals surface area contributed by atoms with Crippen LogP contribution in [0.5, 0.6) is 0 Å². The maximum atomic E-state index is 13.4. The van der Waals surface area contributed by atoms with Crippen LogP contribution < -0.4 is 10.9 Å². The third kappa shape index (κ3) is 5.87. The SMILES string of the molecule is [B]C([B])(C/C=C/C(=O)N(C)C)C(C)C(=O)Nc1cccn(Cc2cc3cc(F)ccc3[nH]2)c1=O. The number of anilines is 1. The molecule has 4 radical (unpaired) electrons. The quantitative estimate of drug-likeness (QED) is 0.402. The summed E-state index contributed by atoms with van der Waals surface area (Å²) >= 11 is 0. The minimum atomic E-state index is -1.43. The molecule has 1 aromatic carbocycles. The second kappa shape index (κ2) is 10.2. The van der Waals surface area contributed by atoms with Crippen LogP contribution in [0.1, 0.15) is 19.0 Å². The van der Waals surface area contributed by atoms with Crippen molar-refractivity contribution in [2.24, 2.45) is 5.92 Å². The van der Waals surface area contributed by atoms with Gasteiger partial charge in [0, 0.05) is 42.8 Å². The molecular formula is C24H25B2FN4O3. The normalized spacial score (nSPS) is 12.7. The molecule has 2 aromatic heterocycles. The first-order valence-corrected chi connectivity index (χ1v) is 10.7. The van der Waals surface area contributed by atoms with Gasteiger partial charge >= 0.3 is 0 Å². The van der Waals surface area contributed by atoms with E-state index < -0.39 is 22.6 Å². The molecule has 0 saturated carbocycles. The Labute approximate surface area is 199 Å². The van der Waals surface area contributed by atoms with E-state index in [1.165, 1.54) is 39.8 Å². The Morgan fingerprint density at radius 3 is 2.71 bits per heavy atom. The molecule has 2 N–H and O–H groups in total. The topological polar surface area (TPSA) is 87.2 Å². The van der Waals surface area contributed by atoms with Crippen molar-refractivity contribution in [1.82, 2.24) is 14.5 Å². The first-order chi connectivity index (χ1) is 16.0.